The molecule has 0 aliphatic rings. The van der Waals surface area contributed by atoms with Crippen molar-refractivity contribution >= 4 is 17.4 Å². The van der Waals surface area contributed by atoms with Gasteiger partial charge in [-0.25, -0.2) is 4.39 Å². The highest BCUT2D eigenvalue weighted by atomic mass is 35.5. The van der Waals surface area contributed by atoms with Crippen LogP contribution in [-0.4, -0.2) is 12.0 Å². The van der Waals surface area contributed by atoms with Crippen molar-refractivity contribution in [1.29, 1.82) is 0 Å². The molecule has 0 unspecified atom stereocenters. The van der Waals surface area contributed by atoms with Gasteiger partial charge in [0.15, 0.2) is 0 Å². The van der Waals surface area contributed by atoms with Gasteiger partial charge >= 0.3 is 6.18 Å². The van der Waals surface area contributed by atoms with E-state index in [-0.39, 0.29) is 5.56 Å². The average Bonchev–Trinajstić information content (AvgIpc) is 2.10. The van der Waals surface area contributed by atoms with Crippen LogP contribution in [0.15, 0.2) is 12.1 Å². The topological polar surface area (TPSA) is 17.1 Å². The lowest BCUT2D eigenvalue weighted by molar-refractivity contribution is -0.0887. The van der Waals surface area contributed by atoms with Gasteiger partial charge in [0.2, 0.25) is 0 Å². The Bertz CT molecular complexity index is 411. The Morgan fingerprint density at radius 3 is 2.33 bits per heavy atom. The minimum atomic E-state index is -5.13. The Morgan fingerprint density at radius 1 is 1.33 bits per heavy atom. The highest BCUT2D eigenvalue weighted by Gasteiger charge is 2.42. The second kappa shape index (κ2) is 3.81. The summed E-state index contributed by atoms with van der Waals surface area (Å²) in [4.78, 5) is 10.8. The van der Waals surface area contributed by atoms with E-state index >= 15 is 0 Å². The smallest absolute Gasteiger partial charge is 0.284 e. The number of hydrogen-bond donors (Lipinski definition) is 0. The van der Waals surface area contributed by atoms with E-state index in [2.05, 4.69) is 0 Å². The fourth-order valence-corrected chi connectivity index (χ4v) is 1.25. The van der Waals surface area contributed by atoms with Crippen molar-refractivity contribution in [3.63, 3.8) is 0 Å². The number of Topliss-reactive ketones (excluding diaryl/α,β-unsaturated/α-hetero) is 1. The molecule has 0 aliphatic carbocycles. The number of hydrogen-bond acceptors (Lipinski definition) is 1. The van der Waals surface area contributed by atoms with Gasteiger partial charge in [-0.3, -0.25) is 4.79 Å². The molecule has 0 heterocycles. The molecule has 0 aliphatic heterocycles. The molecular formula is C9H5ClF4O. The average molecular weight is 241 g/mol. The SMILES string of the molecule is Cc1ccc(F)c(C(=O)C(F)(F)F)c1Cl. The lowest BCUT2D eigenvalue weighted by Gasteiger charge is -2.09. The van der Waals surface area contributed by atoms with E-state index < -0.39 is 28.4 Å². The first-order chi connectivity index (χ1) is 6.75. The summed E-state index contributed by atoms with van der Waals surface area (Å²) in [6, 6.07) is 1.98. The van der Waals surface area contributed by atoms with Gasteiger partial charge < -0.3 is 0 Å². The lowest BCUT2D eigenvalue weighted by Crippen LogP contribution is -2.24. The number of carbonyl (C=O) groups excluding carboxylic acids is 1. The van der Waals surface area contributed by atoms with Crippen LogP contribution in [-0.2, 0) is 0 Å². The first-order valence-corrected chi connectivity index (χ1v) is 4.19. The molecule has 0 saturated carbocycles. The normalized spacial score (nSPS) is 11.6. The second-order valence-corrected chi connectivity index (χ2v) is 3.26. The zero-order chi connectivity index (χ0) is 11.8. The molecule has 0 amide bonds. The summed E-state index contributed by atoms with van der Waals surface area (Å²) in [7, 11) is 0. The van der Waals surface area contributed by atoms with Crippen LogP contribution >= 0.6 is 11.6 Å². The van der Waals surface area contributed by atoms with Crippen LogP contribution in [0.2, 0.25) is 5.02 Å². The Morgan fingerprint density at radius 2 is 1.87 bits per heavy atom. The van der Waals surface area contributed by atoms with Crippen LogP contribution in [0.3, 0.4) is 0 Å². The monoisotopic (exact) mass is 240 g/mol. The van der Waals surface area contributed by atoms with Crippen molar-refractivity contribution in [3.05, 3.63) is 34.1 Å². The van der Waals surface area contributed by atoms with E-state index in [1.165, 1.54) is 13.0 Å². The maximum absolute atomic E-state index is 13.0. The standard InChI is InChI=1S/C9H5ClF4O/c1-4-2-3-5(11)6(7(4)10)8(15)9(12,13)14/h2-3H,1H3. The summed E-state index contributed by atoms with van der Waals surface area (Å²) in [5.41, 5.74) is -0.908. The summed E-state index contributed by atoms with van der Waals surface area (Å²) in [5.74, 6) is -3.54. The van der Waals surface area contributed by atoms with Crippen LogP contribution in [0.4, 0.5) is 17.6 Å². The van der Waals surface area contributed by atoms with Gasteiger partial charge in [0.05, 0.1) is 10.6 Å². The molecule has 0 radical (unpaired) electrons. The summed E-state index contributed by atoms with van der Waals surface area (Å²) in [6.07, 6.45) is -5.13. The van der Waals surface area contributed by atoms with Crippen molar-refractivity contribution in [3.8, 4) is 0 Å². The summed E-state index contributed by atoms with van der Waals surface area (Å²) in [5, 5.41) is -0.502. The predicted octanol–water partition coefficient (Wildman–Crippen LogP) is 3.53. The minimum absolute atomic E-state index is 0.214. The van der Waals surface area contributed by atoms with Crippen molar-refractivity contribution < 1.29 is 22.4 Å². The molecular weight excluding hydrogens is 236 g/mol. The molecule has 0 aromatic heterocycles. The molecule has 0 spiro atoms. The van der Waals surface area contributed by atoms with Crippen molar-refractivity contribution in [1.82, 2.24) is 0 Å². The second-order valence-electron chi connectivity index (χ2n) is 2.88. The number of carbonyl (C=O) groups is 1. The van der Waals surface area contributed by atoms with Crippen molar-refractivity contribution in [2.24, 2.45) is 0 Å². The predicted molar refractivity (Wildman–Crippen MR) is 46.5 cm³/mol. The van der Waals surface area contributed by atoms with E-state index in [4.69, 9.17) is 11.6 Å². The van der Waals surface area contributed by atoms with Crippen molar-refractivity contribution in [2.75, 3.05) is 0 Å². The molecule has 0 saturated heterocycles. The first-order valence-electron chi connectivity index (χ1n) is 3.81. The Kier molecular flexibility index (Phi) is 3.04. The van der Waals surface area contributed by atoms with Gasteiger partial charge in [-0.1, -0.05) is 17.7 Å². The van der Waals surface area contributed by atoms with Crippen LogP contribution in [0.25, 0.3) is 0 Å². The number of aryl methyl sites for hydroxylation is 1. The molecule has 0 fully saturated rings. The van der Waals surface area contributed by atoms with Crippen LogP contribution < -0.4 is 0 Å². The summed E-state index contributed by atoms with van der Waals surface area (Å²) >= 11 is 5.44. The van der Waals surface area contributed by atoms with Gasteiger partial charge in [0.25, 0.3) is 5.78 Å². The van der Waals surface area contributed by atoms with E-state index in [0.29, 0.717) is 0 Å². The van der Waals surface area contributed by atoms with Gasteiger partial charge in [-0.2, -0.15) is 13.2 Å². The van der Waals surface area contributed by atoms with Crippen LogP contribution in [0.1, 0.15) is 15.9 Å². The highest BCUT2D eigenvalue weighted by Crippen LogP contribution is 2.30. The molecule has 0 atom stereocenters. The molecule has 1 rings (SSSR count). The van der Waals surface area contributed by atoms with Gasteiger partial charge in [0, 0.05) is 0 Å². The maximum atomic E-state index is 13.0. The number of alkyl halides is 3. The van der Waals surface area contributed by atoms with E-state index in [1.807, 2.05) is 0 Å². The third kappa shape index (κ3) is 2.28. The number of rotatable bonds is 1. The van der Waals surface area contributed by atoms with Gasteiger partial charge in [0.1, 0.15) is 5.82 Å². The van der Waals surface area contributed by atoms with E-state index in [1.54, 1.807) is 0 Å². The van der Waals surface area contributed by atoms with Crippen molar-refractivity contribution in [2.45, 2.75) is 13.1 Å². The molecule has 1 nitrogen and oxygen atoms in total. The lowest BCUT2D eigenvalue weighted by atomic mass is 10.1. The zero-order valence-electron chi connectivity index (χ0n) is 7.45. The Hall–Kier alpha value is -1.10. The molecule has 0 N–H and O–H groups in total. The number of halogens is 5. The minimum Gasteiger partial charge on any atom is -0.284 e. The Balaban J connectivity index is 3.38. The largest absolute Gasteiger partial charge is 0.455 e. The zero-order valence-corrected chi connectivity index (χ0v) is 8.21. The molecule has 82 valence electrons. The van der Waals surface area contributed by atoms with Crippen LogP contribution in [0.5, 0.6) is 0 Å². The highest BCUT2D eigenvalue weighted by molar-refractivity contribution is 6.35. The number of ketones is 1. The maximum Gasteiger partial charge on any atom is 0.455 e. The quantitative estimate of drug-likeness (QED) is 0.542. The fraction of sp³-hybridized carbons (Fsp3) is 0.222. The number of benzene rings is 1. The van der Waals surface area contributed by atoms with E-state index in [0.717, 1.165) is 6.07 Å². The molecule has 1 aromatic rings. The van der Waals surface area contributed by atoms with Gasteiger partial charge in [-0.05, 0) is 18.6 Å². The molecule has 0 bridgehead atoms. The molecule has 6 heteroatoms. The summed E-state index contributed by atoms with van der Waals surface area (Å²) < 4.78 is 49.2. The summed E-state index contributed by atoms with van der Waals surface area (Å²) in [6.45, 7) is 1.38. The third-order valence-corrected chi connectivity index (χ3v) is 2.26. The first kappa shape index (κ1) is 12.0. The molecule has 15 heavy (non-hydrogen) atoms. The van der Waals surface area contributed by atoms with E-state index in [9.17, 15) is 22.4 Å². The fourth-order valence-electron chi connectivity index (χ4n) is 1.01. The Labute approximate surface area is 87.7 Å². The van der Waals surface area contributed by atoms with Crippen LogP contribution in [0, 0.1) is 12.7 Å². The molecule has 1 aromatic carbocycles. The van der Waals surface area contributed by atoms with Gasteiger partial charge in [-0.15, -0.1) is 0 Å². The third-order valence-electron chi connectivity index (χ3n) is 1.77.